The lowest BCUT2D eigenvalue weighted by Gasteiger charge is -2.00. The largest absolute Gasteiger partial charge is 0.253 e. The summed E-state index contributed by atoms with van der Waals surface area (Å²) in [5, 5.41) is 5.24. The first kappa shape index (κ1) is 13.6. The molecule has 3 aromatic rings. The summed E-state index contributed by atoms with van der Waals surface area (Å²) in [6.45, 7) is 3.98. The van der Waals surface area contributed by atoms with Crippen LogP contribution < -0.4 is 0 Å². The van der Waals surface area contributed by atoms with E-state index in [9.17, 15) is 0 Å². The van der Waals surface area contributed by atoms with Crippen LogP contribution in [0.25, 0.3) is 5.78 Å². The third-order valence-electron chi connectivity index (χ3n) is 2.91. The summed E-state index contributed by atoms with van der Waals surface area (Å²) in [5.74, 6) is 1.49. The Kier molecular flexibility index (Phi) is 3.76. The minimum Gasteiger partial charge on any atom is -0.216 e. The molecule has 2 aromatic heterocycles. The highest BCUT2D eigenvalue weighted by Crippen LogP contribution is 2.25. The normalized spacial score (nSPS) is 11.2. The molecule has 0 saturated heterocycles. The number of halogens is 1. The van der Waals surface area contributed by atoms with E-state index in [0.29, 0.717) is 5.78 Å². The first-order valence-electron chi connectivity index (χ1n) is 6.21. The first-order chi connectivity index (χ1) is 9.63. The standard InChI is InChI=1S/C14H13BrN4S/c1-9-7-10(2)19-13(16-9)17-14(18-19)20-8-11-5-3-4-6-12(11)15/h3-7H,8H2,1-2H3. The van der Waals surface area contributed by atoms with Crippen molar-refractivity contribution >= 4 is 33.5 Å². The van der Waals surface area contributed by atoms with Crippen LogP contribution in [0.3, 0.4) is 0 Å². The number of nitrogens with zero attached hydrogens (tertiary/aromatic N) is 4. The van der Waals surface area contributed by atoms with Crippen molar-refractivity contribution in [3.63, 3.8) is 0 Å². The van der Waals surface area contributed by atoms with Crippen LogP contribution in [-0.2, 0) is 5.75 Å². The van der Waals surface area contributed by atoms with E-state index in [1.165, 1.54) is 5.56 Å². The molecule has 3 rings (SSSR count). The minimum atomic E-state index is 0.664. The fourth-order valence-corrected chi connectivity index (χ4v) is 3.40. The Morgan fingerprint density at radius 2 is 2.00 bits per heavy atom. The van der Waals surface area contributed by atoms with Gasteiger partial charge < -0.3 is 0 Å². The lowest BCUT2D eigenvalue weighted by molar-refractivity contribution is 0.843. The van der Waals surface area contributed by atoms with Gasteiger partial charge in [0.2, 0.25) is 5.16 Å². The van der Waals surface area contributed by atoms with Crippen molar-refractivity contribution in [2.75, 3.05) is 0 Å². The summed E-state index contributed by atoms with van der Waals surface area (Å²) in [4.78, 5) is 8.86. The average Bonchev–Trinajstić information content (AvgIpc) is 2.81. The molecule has 0 radical (unpaired) electrons. The summed E-state index contributed by atoms with van der Waals surface area (Å²) < 4.78 is 2.90. The van der Waals surface area contributed by atoms with E-state index in [2.05, 4.69) is 37.1 Å². The van der Waals surface area contributed by atoms with Gasteiger partial charge in [-0.25, -0.2) is 9.50 Å². The summed E-state index contributed by atoms with van der Waals surface area (Å²) in [7, 11) is 0. The van der Waals surface area contributed by atoms with E-state index in [1.807, 2.05) is 38.1 Å². The third kappa shape index (κ3) is 2.71. The van der Waals surface area contributed by atoms with Crippen molar-refractivity contribution in [1.29, 1.82) is 0 Å². The molecule has 0 unspecified atom stereocenters. The predicted octanol–water partition coefficient (Wildman–Crippen LogP) is 3.80. The van der Waals surface area contributed by atoms with Crippen LogP contribution in [0.15, 0.2) is 40.0 Å². The van der Waals surface area contributed by atoms with Gasteiger partial charge in [0, 0.05) is 21.6 Å². The Bertz CT molecular complexity index is 769. The number of aryl methyl sites for hydroxylation is 2. The smallest absolute Gasteiger partial charge is 0.216 e. The topological polar surface area (TPSA) is 43.1 Å². The van der Waals surface area contributed by atoms with Crippen LogP contribution in [0.4, 0.5) is 0 Å². The molecule has 0 saturated carbocycles. The lowest BCUT2D eigenvalue weighted by Crippen LogP contribution is -1.97. The summed E-state index contributed by atoms with van der Waals surface area (Å²) in [6.07, 6.45) is 0. The van der Waals surface area contributed by atoms with Crippen LogP contribution in [0.2, 0.25) is 0 Å². The Morgan fingerprint density at radius 3 is 2.80 bits per heavy atom. The van der Waals surface area contributed by atoms with Crippen molar-refractivity contribution in [2.24, 2.45) is 0 Å². The van der Waals surface area contributed by atoms with Gasteiger partial charge in [-0.05, 0) is 31.5 Å². The molecule has 0 bridgehead atoms. The van der Waals surface area contributed by atoms with Gasteiger partial charge in [-0.1, -0.05) is 45.9 Å². The molecule has 6 heteroatoms. The molecule has 0 spiro atoms. The molecule has 20 heavy (non-hydrogen) atoms. The van der Waals surface area contributed by atoms with Crippen molar-refractivity contribution in [2.45, 2.75) is 24.8 Å². The molecule has 4 nitrogen and oxygen atoms in total. The van der Waals surface area contributed by atoms with Gasteiger partial charge >= 0.3 is 0 Å². The molecule has 0 N–H and O–H groups in total. The fourth-order valence-electron chi connectivity index (χ4n) is 1.97. The van der Waals surface area contributed by atoms with Gasteiger partial charge in [-0.3, -0.25) is 0 Å². The number of thioether (sulfide) groups is 1. The highest BCUT2D eigenvalue weighted by Gasteiger charge is 2.09. The third-order valence-corrected chi connectivity index (χ3v) is 4.57. The van der Waals surface area contributed by atoms with Gasteiger partial charge in [0.15, 0.2) is 0 Å². The van der Waals surface area contributed by atoms with E-state index in [-0.39, 0.29) is 0 Å². The maximum Gasteiger partial charge on any atom is 0.253 e. The highest BCUT2D eigenvalue weighted by atomic mass is 79.9. The number of benzene rings is 1. The minimum absolute atomic E-state index is 0.664. The van der Waals surface area contributed by atoms with Gasteiger partial charge in [0.1, 0.15) is 0 Å². The van der Waals surface area contributed by atoms with Crippen molar-refractivity contribution in [3.8, 4) is 0 Å². The fraction of sp³-hybridized carbons (Fsp3) is 0.214. The zero-order chi connectivity index (χ0) is 14.1. The molecule has 102 valence electrons. The van der Waals surface area contributed by atoms with Crippen LogP contribution in [-0.4, -0.2) is 19.6 Å². The molecule has 0 atom stereocenters. The molecule has 1 aromatic carbocycles. The number of aromatic nitrogens is 4. The second-order valence-electron chi connectivity index (χ2n) is 4.53. The molecule has 0 amide bonds. The van der Waals surface area contributed by atoms with E-state index < -0.39 is 0 Å². The lowest BCUT2D eigenvalue weighted by atomic mass is 10.2. The van der Waals surface area contributed by atoms with Crippen LogP contribution in [0, 0.1) is 13.8 Å². The van der Waals surface area contributed by atoms with Crippen molar-refractivity contribution in [3.05, 3.63) is 51.8 Å². The molecular formula is C14H13BrN4S. The molecule has 2 heterocycles. The molecule has 0 aliphatic heterocycles. The summed E-state index contributed by atoms with van der Waals surface area (Å²) in [5.41, 5.74) is 3.25. The molecule has 0 fully saturated rings. The van der Waals surface area contributed by atoms with Crippen LogP contribution in [0.5, 0.6) is 0 Å². The number of hydrogen-bond acceptors (Lipinski definition) is 4. The second kappa shape index (κ2) is 5.54. The molecule has 0 aliphatic carbocycles. The molecule has 0 aliphatic rings. The number of rotatable bonds is 3. The molecular weight excluding hydrogens is 336 g/mol. The Morgan fingerprint density at radius 1 is 1.20 bits per heavy atom. The van der Waals surface area contributed by atoms with Gasteiger partial charge in [-0.2, -0.15) is 4.98 Å². The van der Waals surface area contributed by atoms with E-state index in [1.54, 1.807) is 16.3 Å². The van der Waals surface area contributed by atoms with Crippen LogP contribution >= 0.6 is 27.7 Å². The monoisotopic (exact) mass is 348 g/mol. The Balaban J connectivity index is 1.85. The summed E-state index contributed by atoms with van der Waals surface area (Å²) in [6, 6.07) is 10.2. The van der Waals surface area contributed by atoms with E-state index >= 15 is 0 Å². The number of hydrogen-bond donors (Lipinski definition) is 0. The first-order valence-corrected chi connectivity index (χ1v) is 7.98. The predicted molar refractivity (Wildman–Crippen MR) is 84.0 cm³/mol. The van der Waals surface area contributed by atoms with Crippen molar-refractivity contribution < 1.29 is 0 Å². The summed E-state index contributed by atoms with van der Waals surface area (Å²) >= 11 is 5.17. The quantitative estimate of drug-likeness (QED) is 0.675. The zero-order valence-corrected chi connectivity index (χ0v) is 13.6. The van der Waals surface area contributed by atoms with Crippen LogP contribution in [0.1, 0.15) is 17.0 Å². The number of fused-ring (bicyclic) bond motifs is 1. The van der Waals surface area contributed by atoms with Gasteiger partial charge in [-0.15, -0.1) is 5.10 Å². The Hall–Kier alpha value is -1.40. The Labute approximate surface area is 129 Å². The van der Waals surface area contributed by atoms with E-state index in [4.69, 9.17) is 0 Å². The SMILES string of the molecule is Cc1cc(C)n2nc(SCc3ccccc3Br)nc2n1. The van der Waals surface area contributed by atoms with Crippen molar-refractivity contribution in [1.82, 2.24) is 19.6 Å². The van der Waals surface area contributed by atoms with Gasteiger partial charge in [0.05, 0.1) is 0 Å². The maximum atomic E-state index is 4.49. The maximum absolute atomic E-state index is 4.49. The zero-order valence-electron chi connectivity index (χ0n) is 11.2. The average molecular weight is 349 g/mol. The van der Waals surface area contributed by atoms with Gasteiger partial charge in [0.25, 0.3) is 5.78 Å². The van der Waals surface area contributed by atoms with E-state index in [0.717, 1.165) is 26.8 Å². The second-order valence-corrected chi connectivity index (χ2v) is 6.32. The highest BCUT2D eigenvalue weighted by molar-refractivity contribution is 9.10.